The second kappa shape index (κ2) is 7.87. The van der Waals surface area contributed by atoms with Crippen LogP contribution in [0.2, 0.25) is 5.02 Å². The summed E-state index contributed by atoms with van der Waals surface area (Å²) >= 11 is 5.87. The van der Waals surface area contributed by atoms with Crippen molar-refractivity contribution in [3.63, 3.8) is 0 Å². The minimum atomic E-state index is -0.268. The maximum Gasteiger partial charge on any atom is 0.255 e. The molecule has 140 valence electrons. The van der Waals surface area contributed by atoms with Gasteiger partial charge in [-0.3, -0.25) is 9.59 Å². The Kier molecular flexibility index (Phi) is 5.13. The van der Waals surface area contributed by atoms with Gasteiger partial charge in [-0.15, -0.1) is 0 Å². The summed E-state index contributed by atoms with van der Waals surface area (Å²) in [5.74, 6) is -0.459. The van der Waals surface area contributed by atoms with Crippen molar-refractivity contribution in [2.45, 2.75) is 19.3 Å². The second-order valence-electron chi connectivity index (χ2n) is 6.80. The quantitative estimate of drug-likeness (QED) is 0.632. The fourth-order valence-electron chi connectivity index (χ4n) is 3.40. The molecule has 4 nitrogen and oxygen atoms in total. The zero-order valence-corrected chi connectivity index (χ0v) is 15.9. The smallest absolute Gasteiger partial charge is 0.255 e. The first-order valence-electron chi connectivity index (χ1n) is 9.19. The third-order valence-corrected chi connectivity index (χ3v) is 5.14. The molecule has 0 aromatic heterocycles. The highest BCUT2D eigenvalue weighted by molar-refractivity contribution is 6.30. The molecule has 4 rings (SSSR count). The largest absolute Gasteiger partial charge is 0.320 e. The lowest BCUT2D eigenvalue weighted by molar-refractivity contribution is 0.101. The molecule has 0 atom stereocenters. The predicted molar refractivity (Wildman–Crippen MR) is 112 cm³/mol. The molecule has 3 aromatic carbocycles. The van der Waals surface area contributed by atoms with Crippen molar-refractivity contribution in [1.82, 2.24) is 0 Å². The van der Waals surface area contributed by atoms with E-state index in [1.807, 2.05) is 30.3 Å². The van der Waals surface area contributed by atoms with E-state index in [1.54, 1.807) is 36.4 Å². The molecule has 1 aliphatic rings. The molecule has 0 saturated heterocycles. The van der Waals surface area contributed by atoms with Gasteiger partial charge in [0.25, 0.3) is 11.8 Å². The number of nitrogens with one attached hydrogen (secondary N) is 2. The zero-order chi connectivity index (χ0) is 19.5. The molecule has 0 radical (unpaired) electrons. The number of halogens is 1. The van der Waals surface area contributed by atoms with E-state index >= 15 is 0 Å². The number of amides is 2. The summed E-state index contributed by atoms with van der Waals surface area (Å²) in [6.07, 6.45) is 3.24. The Hall–Kier alpha value is -3.11. The lowest BCUT2D eigenvalue weighted by Crippen LogP contribution is -2.17. The number of carbonyl (C=O) groups excluding carboxylic acids is 2. The van der Waals surface area contributed by atoms with E-state index in [1.165, 1.54) is 11.1 Å². The van der Waals surface area contributed by atoms with Crippen LogP contribution in [0.25, 0.3) is 0 Å². The predicted octanol–water partition coefficient (Wildman–Crippen LogP) is 5.33. The number of carbonyl (C=O) groups is 2. The van der Waals surface area contributed by atoms with Crippen LogP contribution < -0.4 is 10.6 Å². The summed E-state index contributed by atoms with van der Waals surface area (Å²) in [5.41, 5.74) is 4.78. The summed E-state index contributed by atoms with van der Waals surface area (Å²) in [6.45, 7) is 0. The Morgan fingerprint density at radius 2 is 1.29 bits per heavy atom. The van der Waals surface area contributed by atoms with Gasteiger partial charge in [-0.1, -0.05) is 29.8 Å². The number of aryl methyl sites for hydroxylation is 2. The van der Waals surface area contributed by atoms with Crippen LogP contribution in [0.15, 0.2) is 66.7 Å². The van der Waals surface area contributed by atoms with Crippen LogP contribution in [0, 0.1) is 0 Å². The van der Waals surface area contributed by atoms with Gasteiger partial charge in [0.2, 0.25) is 0 Å². The maximum absolute atomic E-state index is 12.7. The Balaban J connectivity index is 1.52. The van der Waals surface area contributed by atoms with Crippen molar-refractivity contribution in [1.29, 1.82) is 0 Å². The highest BCUT2D eigenvalue weighted by Crippen LogP contribution is 2.25. The number of hydrogen-bond acceptors (Lipinski definition) is 2. The summed E-state index contributed by atoms with van der Waals surface area (Å²) in [6, 6.07) is 19.6. The number of hydrogen-bond donors (Lipinski definition) is 2. The number of para-hydroxylation sites is 2. The van der Waals surface area contributed by atoms with Gasteiger partial charge in [0.15, 0.2) is 0 Å². The van der Waals surface area contributed by atoms with Crippen LogP contribution in [0.1, 0.15) is 38.3 Å². The first-order valence-corrected chi connectivity index (χ1v) is 9.57. The highest BCUT2D eigenvalue weighted by Gasteiger charge is 2.15. The molecule has 2 amide bonds. The molecule has 0 spiro atoms. The minimum Gasteiger partial charge on any atom is -0.320 e. The molecule has 3 aromatic rings. The summed E-state index contributed by atoms with van der Waals surface area (Å²) in [7, 11) is 0. The zero-order valence-electron chi connectivity index (χ0n) is 15.2. The Labute approximate surface area is 168 Å². The number of anilines is 2. The third-order valence-electron chi connectivity index (χ3n) is 4.89. The fraction of sp³-hybridized carbons (Fsp3) is 0.130. The molecule has 0 aliphatic heterocycles. The van der Waals surface area contributed by atoms with Crippen LogP contribution in [-0.4, -0.2) is 11.8 Å². The molecule has 2 N–H and O–H groups in total. The average molecular weight is 391 g/mol. The first kappa shape index (κ1) is 18.3. The van der Waals surface area contributed by atoms with Gasteiger partial charge < -0.3 is 10.6 Å². The topological polar surface area (TPSA) is 58.2 Å². The Morgan fingerprint density at radius 3 is 1.96 bits per heavy atom. The van der Waals surface area contributed by atoms with E-state index in [9.17, 15) is 9.59 Å². The summed E-state index contributed by atoms with van der Waals surface area (Å²) < 4.78 is 0. The lowest BCUT2D eigenvalue weighted by Gasteiger charge is -2.13. The van der Waals surface area contributed by atoms with Crippen LogP contribution in [0.5, 0.6) is 0 Å². The van der Waals surface area contributed by atoms with Gasteiger partial charge in [0.05, 0.1) is 11.4 Å². The molecule has 1 aliphatic carbocycles. The number of fused-ring (bicyclic) bond motifs is 1. The monoisotopic (exact) mass is 390 g/mol. The molecule has 0 heterocycles. The summed E-state index contributed by atoms with van der Waals surface area (Å²) in [4.78, 5) is 25.2. The second-order valence-corrected chi connectivity index (χ2v) is 7.23. The molecular weight excluding hydrogens is 372 g/mol. The van der Waals surface area contributed by atoms with E-state index in [0.29, 0.717) is 27.5 Å². The summed E-state index contributed by atoms with van der Waals surface area (Å²) in [5, 5.41) is 6.33. The van der Waals surface area contributed by atoms with Crippen molar-refractivity contribution < 1.29 is 9.59 Å². The van der Waals surface area contributed by atoms with Gasteiger partial charge in [0.1, 0.15) is 0 Å². The lowest BCUT2D eigenvalue weighted by atomic mass is 10.1. The van der Waals surface area contributed by atoms with Gasteiger partial charge in [-0.2, -0.15) is 0 Å². The molecule has 28 heavy (non-hydrogen) atoms. The Morgan fingerprint density at radius 1 is 0.714 bits per heavy atom. The van der Waals surface area contributed by atoms with E-state index in [0.717, 1.165) is 19.3 Å². The molecule has 0 bridgehead atoms. The molecule has 0 unspecified atom stereocenters. The minimum absolute atomic E-state index is 0.192. The normalized spacial score (nSPS) is 12.3. The average Bonchev–Trinajstić information content (AvgIpc) is 3.17. The Bertz CT molecular complexity index is 1040. The fourth-order valence-corrected chi connectivity index (χ4v) is 3.53. The van der Waals surface area contributed by atoms with Crippen molar-refractivity contribution in [3.05, 3.63) is 94.0 Å². The molecule has 0 fully saturated rings. The van der Waals surface area contributed by atoms with E-state index in [2.05, 4.69) is 10.6 Å². The first-order chi connectivity index (χ1) is 13.6. The standard InChI is InChI=1S/C23H19ClN2O2/c24-19-12-10-16(11-13-19)22(27)25-20-6-1-2-7-21(20)26-23(28)18-9-8-15-4-3-5-17(15)14-18/h1-2,6-14H,3-5H2,(H,25,27)(H,26,28). The van der Waals surface area contributed by atoms with Crippen molar-refractivity contribution in [2.24, 2.45) is 0 Å². The SMILES string of the molecule is O=C(Nc1ccccc1NC(=O)c1ccc2c(c1)CCC2)c1ccc(Cl)cc1. The van der Waals surface area contributed by atoms with Crippen LogP contribution in [0.4, 0.5) is 11.4 Å². The highest BCUT2D eigenvalue weighted by atomic mass is 35.5. The van der Waals surface area contributed by atoms with Crippen molar-refractivity contribution in [2.75, 3.05) is 10.6 Å². The number of benzene rings is 3. The maximum atomic E-state index is 12.7. The number of rotatable bonds is 4. The third kappa shape index (κ3) is 3.92. The van der Waals surface area contributed by atoms with E-state index in [4.69, 9.17) is 11.6 Å². The van der Waals surface area contributed by atoms with Crippen LogP contribution >= 0.6 is 11.6 Å². The van der Waals surface area contributed by atoms with Gasteiger partial charge in [0, 0.05) is 16.1 Å². The van der Waals surface area contributed by atoms with Gasteiger partial charge >= 0.3 is 0 Å². The van der Waals surface area contributed by atoms with Gasteiger partial charge in [-0.05, 0) is 78.9 Å². The van der Waals surface area contributed by atoms with Crippen molar-refractivity contribution in [3.8, 4) is 0 Å². The van der Waals surface area contributed by atoms with Crippen LogP contribution in [0.3, 0.4) is 0 Å². The van der Waals surface area contributed by atoms with E-state index < -0.39 is 0 Å². The molecule has 0 saturated carbocycles. The van der Waals surface area contributed by atoms with Crippen LogP contribution in [-0.2, 0) is 12.8 Å². The van der Waals surface area contributed by atoms with Crippen molar-refractivity contribution >= 4 is 34.8 Å². The molecular formula is C23H19ClN2O2. The van der Waals surface area contributed by atoms with Gasteiger partial charge in [-0.25, -0.2) is 0 Å². The van der Waals surface area contributed by atoms with E-state index in [-0.39, 0.29) is 11.8 Å². The molecule has 5 heteroatoms.